The third-order valence-corrected chi connectivity index (χ3v) is 4.69. The second kappa shape index (κ2) is 7.92. The number of rotatable bonds is 6. The first-order valence-electron chi connectivity index (χ1n) is 7.97. The van der Waals surface area contributed by atoms with Gasteiger partial charge in [0.25, 0.3) is 0 Å². The molecule has 0 radical (unpaired) electrons. The molecule has 1 aromatic heterocycles. The number of para-hydroxylation sites is 1. The second-order valence-corrected chi connectivity index (χ2v) is 6.90. The van der Waals surface area contributed by atoms with Crippen molar-refractivity contribution in [2.24, 2.45) is 0 Å². The molecule has 0 saturated heterocycles. The van der Waals surface area contributed by atoms with E-state index in [0.717, 1.165) is 5.69 Å². The standard InChI is InChI=1S/C18H17N5O2S/c1-12(24)14-8-10-15(11-9-14)19-17(25)13(2)26-18-20-21-22-23(18)16-6-4-3-5-7-16/h3-11,13H,1-2H3,(H,19,25). The Kier molecular flexibility index (Phi) is 5.43. The summed E-state index contributed by atoms with van der Waals surface area (Å²) < 4.78 is 1.59. The van der Waals surface area contributed by atoms with Crippen molar-refractivity contribution in [2.75, 3.05) is 5.32 Å². The molecule has 132 valence electrons. The average Bonchev–Trinajstić information content (AvgIpc) is 3.11. The second-order valence-electron chi connectivity index (χ2n) is 5.59. The molecule has 8 heteroatoms. The molecule has 3 aromatic rings. The Labute approximate surface area is 154 Å². The van der Waals surface area contributed by atoms with Crippen LogP contribution in [0.1, 0.15) is 24.2 Å². The summed E-state index contributed by atoms with van der Waals surface area (Å²) in [5.74, 6) is -0.187. The fourth-order valence-corrected chi connectivity index (χ4v) is 3.04. The van der Waals surface area contributed by atoms with E-state index in [4.69, 9.17) is 0 Å². The van der Waals surface area contributed by atoms with Crippen LogP contribution in [0.4, 0.5) is 5.69 Å². The van der Waals surface area contributed by atoms with E-state index in [-0.39, 0.29) is 11.7 Å². The predicted molar refractivity (Wildman–Crippen MR) is 99.5 cm³/mol. The lowest BCUT2D eigenvalue weighted by Crippen LogP contribution is -2.23. The lowest BCUT2D eigenvalue weighted by Gasteiger charge is -2.12. The van der Waals surface area contributed by atoms with Gasteiger partial charge in [-0.1, -0.05) is 30.0 Å². The molecule has 0 aliphatic heterocycles. The molecule has 2 aromatic carbocycles. The highest BCUT2D eigenvalue weighted by Crippen LogP contribution is 2.23. The van der Waals surface area contributed by atoms with Crippen molar-refractivity contribution in [3.8, 4) is 5.69 Å². The molecular weight excluding hydrogens is 350 g/mol. The van der Waals surface area contributed by atoms with Crippen LogP contribution in [0.5, 0.6) is 0 Å². The topological polar surface area (TPSA) is 89.8 Å². The number of amides is 1. The van der Waals surface area contributed by atoms with Crippen molar-refractivity contribution in [1.29, 1.82) is 0 Å². The van der Waals surface area contributed by atoms with Crippen LogP contribution in [0, 0.1) is 0 Å². The molecule has 1 unspecified atom stereocenters. The zero-order valence-corrected chi connectivity index (χ0v) is 15.1. The number of ketones is 1. The van der Waals surface area contributed by atoms with E-state index in [1.165, 1.54) is 18.7 Å². The van der Waals surface area contributed by atoms with Gasteiger partial charge in [0, 0.05) is 11.3 Å². The molecule has 1 heterocycles. The van der Waals surface area contributed by atoms with Crippen molar-refractivity contribution in [3.63, 3.8) is 0 Å². The molecule has 0 aliphatic carbocycles. The minimum atomic E-state index is -0.407. The lowest BCUT2D eigenvalue weighted by atomic mass is 10.1. The summed E-state index contributed by atoms with van der Waals surface area (Å²) in [6.07, 6.45) is 0. The minimum absolute atomic E-state index is 0.0143. The summed E-state index contributed by atoms with van der Waals surface area (Å²) in [5, 5.41) is 14.6. The van der Waals surface area contributed by atoms with Gasteiger partial charge in [-0.2, -0.15) is 4.68 Å². The molecule has 1 amide bonds. The first-order valence-corrected chi connectivity index (χ1v) is 8.85. The van der Waals surface area contributed by atoms with Crippen LogP contribution in [0.15, 0.2) is 59.8 Å². The number of hydrogen-bond acceptors (Lipinski definition) is 6. The first kappa shape index (κ1) is 17.8. The molecule has 0 fully saturated rings. The number of thioether (sulfide) groups is 1. The third kappa shape index (κ3) is 4.15. The van der Waals surface area contributed by atoms with E-state index in [2.05, 4.69) is 20.8 Å². The van der Waals surface area contributed by atoms with Crippen molar-refractivity contribution < 1.29 is 9.59 Å². The van der Waals surface area contributed by atoms with E-state index in [9.17, 15) is 9.59 Å². The summed E-state index contributed by atoms with van der Waals surface area (Å²) in [6, 6.07) is 16.3. The third-order valence-electron chi connectivity index (χ3n) is 3.65. The van der Waals surface area contributed by atoms with E-state index in [1.807, 2.05) is 30.3 Å². The number of aromatic nitrogens is 4. The number of nitrogens with zero attached hydrogens (tertiary/aromatic N) is 4. The van der Waals surface area contributed by atoms with Gasteiger partial charge in [-0.25, -0.2) is 0 Å². The molecule has 0 aliphatic rings. The molecule has 0 bridgehead atoms. The van der Waals surface area contributed by atoms with Gasteiger partial charge in [-0.3, -0.25) is 9.59 Å². The number of hydrogen-bond donors (Lipinski definition) is 1. The normalized spacial score (nSPS) is 11.8. The number of benzene rings is 2. The quantitative estimate of drug-likeness (QED) is 0.532. The van der Waals surface area contributed by atoms with Crippen LogP contribution in [-0.4, -0.2) is 37.1 Å². The number of tetrazole rings is 1. The highest BCUT2D eigenvalue weighted by atomic mass is 32.2. The molecule has 26 heavy (non-hydrogen) atoms. The van der Waals surface area contributed by atoms with E-state index < -0.39 is 5.25 Å². The molecular formula is C18H17N5O2S. The lowest BCUT2D eigenvalue weighted by molar-refractivity contribution is -0.115. The number of Topliss-reactive ketones (excluding diaryl/α,β-unsaturated/α-hetero) is 1. The summed E-state index contributed by atoms with van der Waals surface area (Å²) >= 11 is 1.27. The maximum absolute atomic E-state index is 12.4. The Morgan fingerprint density at radius 2 is 1.77 bits per heavy atom. The maximum atomic E-state index is 12.4. The fraction of sp³-hybridized carbons (Fsp3) is 0.167. The van der Waals surface area contributed by atoms with E-state index in [1.54, 1.807) is 35.9 Å². The Morgan fingerprint density at radius 3 is 2.42 bits per heavy atom. The van der Waals surface area contributed by atoms with Crippen molar-refractivity contribution >= 4 is 29.1 Å². The highest BCUT2D eigenvalue weighted by molar-refractivity contribution is 8.00. The Balaban J connectivity index is 1.67. The van der Waals surface area contributed by atoms with Gasteiger partial charge in [0.05, 0.1) is 10.9 Å². The van der Waals surface area contributed by atoms with Crippen LogP contribution in [0.25, 0.3) is 5.69 Å². The number of nitrogens with one attached hydrogen (secondary N) is 1. The summed E-state index contributed by atoms with van der Waals surface area (Å²) in [6.45, 7) is 3.29. The van der Waals surface area contributed by atoms with Gasteiger partial charge in [0.2, 0.25) is 11.1 Å². The first-order chi connectivity index (χ1) is 12.5. The Bertz CT molecular complexity index is 909. The smallest absolute Gasteiger partial charge is 0.237 e. The van der Waals surface area contributed by atoms with Crippen LogP contribution in [0.3, 0.4) is 0 Å². The van der Waals surface area contributed by atoms with Crippen LogP contribution in [-0.2, 0) is 4.79 Å². The summed E-state index contributed by atoms with van der Waals surface area (Å²) in [4.78, 5) is 23.7. The van der Waals surface area contributed by atoms with Crippen molar-refractivity contribution in [1.82, 2.24) is 20.2 Å². The highest BCUT2D eigenvalue weighted by Gasteiger charge is 2.19. The number of carbonyl (C=O) groups is 2. The van der Waals surface area contributed by atoms with Gasteiger partial charge in [-0.15, -0.1) is 5.10 Å². The molecule has 7 nitrogen and oxygen atoms in total. The van der Waals surface area contributed by atoms with E-state index >= 15 is 0 Å². The summed E-state index contributed by atoms with van der Waals surface area (Å²) in [5.41, 5.74) is 2.06. The van der Waals surface area contributed by atoms with E-state index in [0.29, 0.717) is 16.4 Å². The van der Waals surface area contributed by atoms with Gasteiger partial charge < -0.3 is 5.32 Å². The largest absolute Gasteiger partial charge is 0.325 e. The van der Waals surface area contributed by atoms with Gasteiger partial charge in [-0.05, 0) is 60.7 Å². The average molecular weight is 367 g/mol. The van der Waals surface area contributed by atoms with Gasteiger partial charge in [0.1, 0.15) is 0 Å². The van der Waals surface area contributed by atoms with Crippen LogP contribution < -0.4 is 5.32 Å². The minimum Gasteiger partial charge on any atom is -0.325 e. The summed E-state index contributed by atoms with van der Waals surface area (Å²) in [7, 11) is 0. The van der Waals surface area contributed by atoms with Crippen LogP contribution in [0.2, 0.25) is 0 Å². The van der Waals surface area contributed by atoms with Crippen molar-refractivity contribution in [3.05, 3.63) is 60.2 Å². The number of anilines is 1. The Morgan fingerprint density at radius 1 is 1.08 bits per heavy atom. The zero-order chi connectivity index (χ0) is 18.5. The van der Waals surface area contributed by atoms with Gasteiger partial charge >= 0.3 is 0 Å². The SMILES string of the molecule is CC(=O)c1ccc(NC(=O)C(C)Sc2nnnn2-c2ccccc2)cc1. The number of carbonyl (C=O) groups excluding carboxylic acids is 2. The van der Waals surface area contributed by atoms with Crippen molar-refractivity contribution in [2.45, 2.75) is 24.3 Å². The predicted octanol–water partition coefficient (Wildman–Crippen LogP) is 2.98. The molecule has 1 N–H and O–H groups in total. The molecule has 0 spiro atoms. The molecule has 0 saturated carbocycles. The zero-order valence-electron chi connectivity index (χ0n) is 14.3. The Hall–Kier alpha value is -3.00. The fourth-order valence-electron chi connectivity index (χ4n) is 2.23. The van der Waals surface area contributed by atoms with Crippen LogP contribution >= 0.6 is 11.8 Å². The molecule has 3 rings (SSSR count). The maximum Gasteiger partial charge on any atom is 0.237 e. The molecule has 1 atom stereocenters. The monoisotopic (exact) mass is 367 g/mol. The van der Waals surface area contributed by atoms with Gasteiger partial charge in [0.15, 0.2) is 5.78 Å².